The highest BCUT2D eigenvalue weighted by molar-refractivity contribution is 7.80. The number of benzene rings is 1. The number of hydrogen-bond acceptors (Lipinski definition) is 4. The number of nitrogens with zero attached hydrogens (tertiary/aromatic N) is 2. The molecule has 0 unspecified atom stereocenters. The number of methoxy groups -OCH3 is 2. The van der Waals surface area contributed by atoms with E-state index in [0.29, 0.717) is 10.1 Å². The summed E-state index contributed by atoms with van der Waals surface area (Å²) in [5, 5.41) is 12.1. The summed E-state index contributed by atoms with van der Waals surface area (Å²) < 4.78 is 12.4. The monoisotopic (exact) mass is 396 g/mol. The molecule has 0 atom stereocenters. The van der Waals surface area contributed by atoms with Crippen molar-refractivity contribution in [3.05, 3.63) is 40.7 Å². The maximum Gasteiger partial charge on any atom is 0.166 e. The van der Waals surface area contributed by atoms with Crippen molar-refractivity contribution in [1.82, 2.24) is 20.4 Å². The van der Waals surface area contributed by atoms with E-state index in [-0.39, 0.29) is 0 Å². The molecule has 0 bridgehead atoms. The highest BCUT2D eigenvalue weighted by Gasteiger charge is 2.05. The van der Waals surface area contributed by atoms with Crippen LogP contribution < -0.4 is 20.1 Å². The SMILES string of the molecule is COc1ccc(CCNC(=S)NCCCn2cc(Cl)c(C)n2)cc1OC. The Kier molecular flexibility index (Phi) is 8.00. The van der Waals surface area contributed by atoms with Crippen LogP contribution in [0.15, 0.2) is 24.4 Å². The van der Waals surface area contributed by atoms with E-state index in [1.807, 2.05) is 36.0 Å². The molecular formula is C18H25ClN4O2S. The molecule has 26 heavy (non-hydrogen) atoms. The number of thiocarbonyl (C=S) groups is 1. The van der Waals surface area contributed by atoms with Gasteiger partial charge in [0.15, 0.2) is 16.6 Å². The maximum absolute atomic E-state index is 5.99. The molecule has 0 aliphatic rings. The van der Waals surface area contributed by atoms with Gasteiger partial charge in [-0.25, -0.2) is 0 Å². The van der Waals surface area contributed by atoms with E-state index in [1.165, 1.54) is 0 Å². The van der Waals surface area contributed by atoms with Crippen LogP contribution in [0.3, 0.4) is 0 Å². The number of ether oxygens (including phenoxy) is 2. The molecule has 0 fully saturated rings. The van der Waals surface area contributed by atoms with Crippen molar-refractivity contribution in [2.24, 2.45) is 0 Å². The van der Waals surface area contributed by atoms with Gasteiger partial charge in [0.05, 0.1) is 24.9 Å². The molecule has 0 aliphatic carbocycles. The minimum Gasteiger partial charge on any atom is -0.493 e. The third-order valence-electron chi connectivity index (χ3n) is 3.88. The Bertz CT molecular complexity index is 716. The van der Waals surface area contributed by atoms with E-state index in [1.54, 1.807) is 14.2 Å². The first-order valence-corrected chi connectivity index (χ1v) is 9.24. The fourth-order valence-corrected chi connectivity index (χ4v) is 2.82. The molecule has 0 radical (unpaired) electrons. The number of hydrogen-bond donors (Lipinski definition) is 2. The zero-order chi connectivity index (χ0) is 18.9. The van der Waals surface area contributed by atoms with Gasteiger partial charge in [-0.15, -0.1) is 0 Å². The van der Waals surface area contributed by atoms with Gasteiger partial charge in [-0.3, -0.25) is 4.68 Å². The molecule has 2 aromatic rings. The predicted octanol–water partition coefficient (Wildman–Crippen LogP) is 2.96. The molecular weight excluding hydrogens is 372 g/mol. The average molecular weight is 397 g/mol. The van der Waals surface area contributed by atoms with E-state index >= 15 is 0 Å². The molecule has 1 heterocycles. The van der Waals surface area contributed by atoms with Crippen LogP contribution in [-0.2, 0) is 13.0 Å². The molecule has 0 aliphatic heterocycles. The van der Waals surface area contributed by atoms with Crippen LogP contribution in [0.4, 0.5) is 0 Å². The summed E-state index contributed by atoms with van der Waals surface area (Å²) in [6, 6.07) is 5.92. The average Bonchev–Trinajstić information content (AvgIpc) is 2.96. The largest absolute Gasteiger partial charge is 0.493 e. The van der Waals surface area contributed by atoms with Gasteiger partial charge in [0.1, 0.15) is 0 Å². The molecule has 2 N–H and O–H groups in total. The van der Waals surface area contributed by atoms with E-state index in [9.17, 15) is 0 Å². The third-order valence-corrected chi connectivity index (χ3v) is 4.54. The molecule has 1 aromatic heterocycles. The zero-order valence-electron chi connectivity index (χ0n) is 15.3. The Morgan fingerprint density at radius 1 is 1.19 bits per heavy atom. The predicted molar refractivity (Wildman–Crippen MR) is 108 cm³/mol. The van der Waals surface area contributed by atoms with Gasteiger partial charge in [-0.2, -0.15) is 5.10 Å². The zero-order valence-corrected chi connectivity index (χ0v) is 16.9. The maximum atomic E-state index is 5.99. The molecule has 8 heteroatoms. The molecule has 0 saturated carbocycles. The van der Waals surface area contributed by atoms with Crippen LogP contribution in [-0.4, -0.2) is 42.2 Å². The van der Waals surface area contributed by atoms with Crippen LogP contribution in [0.5, 0.6) is 11.5 Å². The summed E-state index contributed by atoms with van der Waals surface area (Å²) in [5.41, 5.74) is 2.01. The van der Waals surface area contributed by atoms with Gasteiger partial charge >= 0.3 is 0 Å². The summed E-state index contributed by atoms with van der Waals surface area (Å²) in [7, 11) is 3.27. The number of aromatic nitrogens is 2. The summed E-state index contributed by atoms with van der Waals surface area (Å²) in [6.45, 7) is 4.22. The van der Waals surface area contributed by atoms with Crippen LogP contribution in [0.25, 0.3) is 0 Å². The molecule has 142 valence electrons. The number of halogens is 1. The highest BCUT2D eigenvalue weighted by Crippen LogP contribution is 2.27. The Morgan fingerprint density at radius 2 is 1.92 bits per heavy atom. The number of rotatable bonds is 9. The molecule has 2 rings (SSSR count). The van der Waals surface area contributed by atoms with Crippen molar-refractivity contribution in [1.29, 1.82) is 0 Å². The smallest absolute Gasteiger partial charge is 0.166 e. The van der Waals surface area contributed by atoms with E-state index < -0.39 is 0 Å². The van der Waals surface area contributed by atoms with E-state index in [0.717, 1.165) is 55.2 Å². The van der Waals surface area contributed by atoms with E-state index in [2.05, 4.69) is 15.7 Å². The Balaban J connectivity index is 1.64. The minimum atomic E-state index is 0.653. The van der Waals surface area contributed by atoms with Crippen LogP contribution in [0.1, 0.15) is 17.7 Å². The fraction of sp³-hybridized carbons (Fsp3) is 0.444. The second-order valence-corrected chi connectivity index (χ2v) is 6.62. The van der Waals surface area contributed by atoms with Gasteiger partial charge in [0.2, 0.25) is 0 Å². The molecule has 0 spiro atoms. The van der Waals surface area contributed by atoms with Crippen LogP contribution in [0.2, 0.25) is 5.02 Å². The summed E-state index contributed by atoms with van der Waals surface area (Å²) in [4.78, 5) is 0. The molecule has 1 aromatic carbocycles. The Labute approximate surface area is 164 Å². The lowest BCUT2D eigenvalue weighted by molar-refractivity contribution is 0.354. The quantitative estimate of drug-likeness (QED) is 0.502. The Morgan fingerprint density at radius 3 is 2.58 bits per heavy atom. The molecule has 6 nitrogen and oxygen atoms in total. The highest BCUT2D eigenvalue weighted by atomic mass is 35.5. The summed E-state index contributed by atoms with van der Waals surface area (Å²) >= 11 is 11.3. The van der Waals surface area contributed by atoms with Crippen molar-refractivity contribution in [3.63, 3.8) is 0 Å². The van der Waals surface area contributed by atoms with Crippen molar-refractivity contribution in [2.75, 3.05) is 27.3 Å². The van der Waals surface area contributed by atoms with Crippen molar-refractivity contribution in [2.45, 2.75) is 26.3 Å². The second kappa shape index (κ2) is 10.2. The number of nitrogens with one attached hydrogen (secondary N) is 2. The topological polar surface area (TPSA) is 60.3 Å². The Hall–Kier alpha value is -1.99. The van der Waals surface area contributed by atoms with Gasteiger partial charge in [0.25, 0.3) is 0 Å². The van der Waals surface area contributed by atoms with Crippen LogP contribution >= 0.6 is 23.8 Å². The fourth-order valence-electron chi connectivity index (χ4n) is 2.47. The van der Waals surface area contributed by atoms with Crippen molar-refractivity contribution < 1.29 is 9.47 Å². The lowest BCUT2D eigenvalue weighted by Crippen LogP contribution is -2.37. The van der Waals surface area contributed by atoms with E-state index in [4.69, 9.17) is 33.3 Å². The normalized spacial score (nSPS) is 10.5. The first-order chi connectivity index (χ1) is 12.5. The first-order valence-electron chi connectivity index (χ1n) is 8.45. The summed E-state index contributed by atoms with van der Waals surface area (Å²) in [5.74, 6) is 1.47. The lowest BCUT2D eigenvalue weighted by atomic mass is 10.1. The molecule has 0 amide bonds. The molecule has 0 saturated heterocycles. The summed E-state index contributed by atoms with van der Waals surface area (Å²) in [6.07, 6.45) is 3.60. The standard InChI is InChI=1S/C18H25ClN4O2S/c1-13-15(19)12-23(22-13)10-4-8-20-18(26)21-9-7-14-5-6-16(24-2)17(11-14)25-3/h5-6,11-12H,4,7-10H2,1-3H3,(H2,20,21,26). The van der Waals surface area contributed by atoms with Crippen molar-refractivity contribution in [3.8, 4) is 11.5 Å². The van der Waals surface area contributed by atoms with Gasteiger partial charge in [-0.1, -0.05) is 17.7 Å². The minimum absolute atomic E-state index is 0.653. The van der Waals surface area contributed by atoms with Gasteiger partial charge in [0, 0.05) is 25.8 Å². The van der Waals surface area contributed by atoms with Crippen molar-refractivity contribution >= 4 is 28.9 Å². The van der Waals surface area contributed by atoms with Gasteiger partial charge in [-0.05, 0) is 49.7 Å². The van der Waals surface area contributed by atoms with Crippen LogP contribution in [0, 0.1) is 6.92 Å². The third kappa shape index (κ3) is 6.07. The van der Waals surface area contributed by atoms with Gasteiger partial charge < -0.3 is 20.1 Å². The first kappa shape index (κ1) is 20.3. The number of aryl methyl sites for hydroxylation is 2. The second-order valence-electron chi connectivity index (χ2n) is 5.80. The lowest BCUT2D eigenvalue weighted by Gasteiger charge is -2.12.